The molecule has 1 aliphatic carbocycles. The third-order valence-electron chi connectivity index (χ3n) is 3.72. The van der Waals surface area contributed by atoms with Gasteiger partial charge in [0.25, 0.3) is 0 Å². The molecule has 1 saturated carbocycles. The first kappa shape index (κ1) is 12.8. The third-order valence-corrected chi connectivity index (χ3v) is 3.72. The Morgan fingerprint density at radius 3 is 2.56 bits per heavy atom. The number of carboxylic acids is 1. The Balaban J connectivity index is 1.96. The van der Waals surface area contributed by atoms with E-state index in [1.165, 1.54) is 25.3 Å². The number of likely N-dealkylation sites (N-methyl/N-ethyl adjacent to an activating group) is 1. The van der Waals surface area contributed by atoms with E-state index >= 15 is 0 Å². The van der Waals surface area contributed by atoms with E-state index in [0.29, 0.717) is 5.82 Å². The number of carboxylic acid groups (broad SMARTS) is 1. The molecule has 0 aromatic carbocycles. The van der Waals surface area contributed by atoms with Crippen LogP contribution in [0.5, 0.6) is 0 Å². The van der Waals surface area contributed by atoms with Crippen molar-refractivity contribution < 1.29 is 9.90 Å². The molecule has 0 atom stereocenters. The number of nitrogens with zero attached hydrogens (tertiary/aromatic N) is 3. The summed E-state index contributed by atoms with van der Waals surface area (Å²) in [6, 6.07) is 3.11. The Morgan fingerprint density at radius 2 is 2.17 bits per heavy atom. The fourth-order valence-corrected chi connectivity index (χ4v) is 2.16. The first-order valence-electron chi connectivity index (χ1n) is 6.02. The second-order valence-electron chi connectivity index (χ2n) is 4.93. The highest BCUT2D eigenvalue weighted by atomic mass is 16.4. The largest absolute Gasteiger partial charge is 0.476 e. The first-order chi connectivity index (χ1) is 8.53. The van der Waals surface area contributed by atoms with Crippen LogP contribution in [0.1, 0.15) is 29.8 Å². The van der Waals surface area contributed by atoms with Crippen molar-refractivity contribution in [3.8, 4) is 0 Å². The molecule has 0 unspecified atom stereocenters. The SMILES string of the molecule is CN(C)C1(CNc2ccc(C(=O)O)nn2)CCC1. The molecule has 0 saturated heterocycles. The average Bonchev–Trinajstić information content (AvgIpc) is 2.27. The highest BCUT2D eigenvalue weighted by molar-refractivity contribution is 5.85. The zero-order chi connectivity index (χ0) is 13.2. The number of anilines is 1. The van der Waals surface area contributed by atoms with Crippen LogP contribution >= 0.6 is 0 Å². The van der Waals surface area contributed by atoms with E-state index in [-0.39, 0.29) is 11.2 Å². The molecule has 0 radical (unpaired) electrons. The van der Waals surface area contributed by atoms with Crippen molar-refractivity contribution in [2.45, 2.75) is 24.8 Å². The zero-order valence-corrected chi connectivity index (χ0v) is 10.7. The molecule has 18 heavy (non-hydrogen) atoms. The minimum Gasteiger partial charge on any atom is -0.476 e. The summed E-state index contributed by atoms with van der Waals surface area (Å²) in [4.78, 5) is 12.9. The Kier molecular flexibility index (Phi) is 3.47. The summed E-state index contributed by atoms with van der Waals surface area (Å²) >= 11 is 0. The minimum absolute atomic E-state index is 0.0356. The molecule has 1 fully saturated rings. The fourth-order valence-electron chi connectivity index (χ4n) is 2.16. The number of hydrogen-bond donors (Lipinski definition) is 2. The number of aromatic nitrogens is 2. The van der Waals surface area contributed by atoms with Gasteiger partial charge in [0.05, 0.1) is 0 Å². The van der Waals surface area contributed by atoms with Gasteiger partial charge in [0.2, 0.25) is 0 Å². The van der Waals surface area contributed by atoms with Crippen molar-refractivity contribution in [3.05, 3.63) is 17.8 Å². The molecule has 0 aliphatic heterocycles. The molecule has 1 heterocycles. The number of aromatic carboxylic acids is 1. The van der Waals surface area contributed by atoms with Crippen LogP contribution in [0.15, 0.2) is 12.1 Å². The van der Waals surface area contributed by atoms with Crippen LogP contribution in [0, 0.1) is 0 Å². The summed E-state index contributed by atoms with van der Waals surface area (Å²) in [7, 11) is 4.17. The maximum absolute atomic E-state index is 10.6. The molecule has 0 amide bonds. The van der Waals surface area contributed by atoms with E-state index in [1.54, 1.807) is 6.07 Å². The summed E-state index contributed by atoms with van der Waals surface area (Å²) in [6.45, 7) is 0.807. The van der Waals surface area contributed by atoms with Gasteiger partial charge in [-0.3, -0.25) is 0 Å². The molecule has 98 valence electrons. The van der Waals surface area contributed by atoms with E-state index in [9.17, 15) is 4.79 Å². The van der Waals surface area contributed by atoms with Gasteiger partial charge < -0.3 is 15.3 Å². The van der Waals surface area contributed by atoms with Gasteiger partial charge in [-0.1, -0.05) is 0 Å². The van der Waals surface area contributed by atoms with Crippen molar-refractivity contribution in [1.29, 1.82) is 0 Å². The smallest absolute Gasteiger partial charge is 0.356 e. The molecule has 0 spiro atoms. The Morgan fingerprint density at radius 1 is 1.44 bits per heavy atom. The van der Waals surface area contributed by atoms with E-state index in [2.05, 4.69) is 34.5 Å². The van der Waals surface area contributed by atoms with Gasteiger partial charge in [-0.25, -0.2) is 4.79 Å². The molecule has 6 heteroatoms. The van der Waals surface area contributed by atoms with E-state index in [1.807, 2.05) is 0 Å². The fraction of sp³-hybridized carbons (Fsp3) is 0.583. The van der Waals surface area contributed by atoms with Crippen LogP contribution in [0.3, 0.4) is 0 Å². The van der Waals surface area contributed by atoms with Crippen LogP contribution in [-0.2, 0) is 0 Å². The summed E-state index contributed by atoms with van der Waals surface area (Å²) in [6.07, 6.45) is 3.60. The van der Waals surface area contributed by atoms with Gasteiger partial charge in [-0.15, -0.1) is 10.2 Å². The van der Waals surface area contributed by atoms with Gasteiger partial charge in [-0.05, 0) is 45.5 Å². The summed E-state index contributed by atoms with van der Waals surface area (Å²) in [5.41, 5.74) is 0.166. The molecular weight excluding hydrogens is 232 g/mol. The van der Waals surface area contributed by atoms with E-state index in [0.717, 1.165) is 6.54 Å². The Bertz CT molecular complexity index is 426. The quantitative estimate of drug-likeness (QED) is 0.814. The molecular formula is C12H18N4O2. The predicted octanol–water partition coefficient (Wildman–Crippen LogP) is 1.07. The number of rotatable bonds is 5. The van der Waals surface area contributed by atoms with Gasteiger partial charge in [0, 0.05) is 12.1 Å². The molecule has 2 rings (SSSR count). The van der Waals surface area contributed by atoms with Crippen LogP contribution < -0.4 is 5.32 Å². The number of nitrogens with one attached hydrogen (secondary N) is 1. The highest BCUT2D eigenvalue weighted by Gasteiger charge is 2.38. The number of carbonyl (C=O) groups is 1. The lowest BCUT2D eigenvalue weighted by atomic mass is 9.75. The molecule has 2 N–H and O–H groups in total. The van der Waals surface area contributed by atoms with Crippen molar-refractivity contribution in [2.75, 3.05) is 26.0 Å². The van der Waals surface area contributed by atoms with Crippen LogP contribution in [0.2, 0.25) is 0 Å². The van der Waals surface area contributed by atoms with E-state index < -0.39 is 5.97 Å². The summed E-state index contributed by atoms with van der Waals surface area (Å²) in [5, 5.41) is 19.5. The van der Waals surface area contributed by atoms with Gasteiger partial charge in [-0.2, -0.15) is 0 Å². The lowest BCUT2D eigenvalue weighted by Gasteiger charge is -2.47. The van der Waals surface area contributed by atoms with E-state index in [4.69, 9.17) is 5.11 Å². The minimum atomic E-state index is -1.06. The molecule has 1 aromatic rings. The topological polar surface area (TPSA) is 78.4 Å². The Hall–Kier alpha value is -1.69. The molecule has 1 aromatic heterocycles. The predicted molar refractivity (Wildman–Crippen MR) is 67.8 cm³/mol. The standard InChI is InChI=1S/C12H18N4O2/c1-16(2)12(6-3-7-12)8-13-10-5-4-9(11(17)18)14-15-10/h4-5H,3,6-8H2,1-2H3,(H,13,15)(H,17,18). The van der Waals surface area contributed by atoms with Gasteiger partial charge in [0.1, 0.15) is 5.82 Å². The Labute approximate surface area is 106 Å². The monoisotopic (exact) mass is 250 g/mol. The van der Waals surface area contributed by atoms with Crippen LogP contribution in [0.4, 0.5) is 5.82 Å². The second-order valence-corrected chi connectivity index (χ2v) is 4.93. The highest BCUT2D eigenvalue weighted by Crippen LogP contribution is 2.36. The summed E-state index contributed by atoms with van der Waals surface area (Å²) in [5.74, 6) is -0.439. The molecule has 6 nitrogen and oxygen atoms in total. The second kappa shape index (κ2) is 4.89. The zero-order valence-electron chi connectivity index (χ0n) is 10.7. The lowest BCUT2D eigenvalue weighted by Crippen LogP contribution is -2.54. The van der Waals surface area contributed by atoms with Crippen molar-refractivity contribution in [1.82, 2.24) is 15.1 Å². The lowest BCUT2D eigenvalue weighted by molar-refractivity contribution is 0.0689. The maximum atomic E-state index is 10.6. The third kappa shape index (κ3) is 2.43. The van der Waals surface area contributed by atoms with Crippen molar-refractivity contribution >= 4 is 11.8 Å². The molecule has 1 aliphatic rings. The maximum Gasteiger partial charge on any atom is 0.356 e. The average molecular weight is 250 g/mol. The van der Waals surface area contributed by atoms with Crippen molar-refractivity contribution in [2.24, 2.45) is 0 Å². The van der Waals surface area contributed by atoms with Crippen molar-refractivity contribution in [3.63, 3.8) is 0 Å². The summed E-state index contributed by atoms with van der Waals surface area (Å²) < 4.78 is 0. The first-order valence-corrected chi connectivity index (χ1v) is 6.02. The van der Waals surface area contributed by atoms with Gasteiger partial charge in [0.15, 0.2) is 5.69 Å². The molecule has 0 bridgehead atoms. The number of hydrogen-bond acceptors (Lipinski definition) is 5. The van der Waals surface area contributed by atoms with Gasteiger partial charge >= 0.3 is 5.97 Å². The van der Waals surface area contributed by atoms with Crippen LogP contribution in [0.25, 0.3) is 0 Å². The normalized spacial score (nSPS) is 17.3. The van der Waals surface area contributed by atoms with Crippen LogP contribution in [-0.4, -0.2) is 52.4 Å².